The standard InChI is InChI=1S/C14H20ClN3O/c1-3-18(11-6-4-5-7-11)14(19)10-8-12(15)13(16-2)17-9-10/h8-9,11H,3-7H2,1-2H3,(H,16,17). The molecule has 1 aromatic rings. The van der Waals surface area contributed by atoms with Crippen molar-refractivity contribution in [1.82, 2.24) is 9.88 Å². The zero-order valence-corrected chi connectivity index (χ0v) is 12.2. The number of hydrogen-bond donors (Lipinski definition) is 1. The second kappa shape index (κ2) is 6.24. The van der Waals surface area contributed by atoms with E-state index in [2.05, 4.69) is 10.3 Å². The van der Waals surface area contributed by atoms with Crippen molar-refractivity contribution < 1.29 is 4.79 Å². The molecule has 1 amide bonds. The SMILES string of the molecule is CCN(C(=O)c1cnc(NC)c(Cl)c1)C1CCCC1. The first kappa shape index (κ1) is 14.1. The van der Waals surface area contributed by atoms with Crippen molar-refractivity contribution in [3.05, 3.63) is 22.8 Å². The van der Waals surface area contributed by atoms with Gasteiger partial charge in [-0.1, -0.05) is 24.4 Å². The number of pyridine rings is 1. The number of carbonyl (C=O) groups is 1. The van der Waals surface area contributed by atoms with Crippen molar-refractivity contribution >= 4 is 23.3 Å². The van der Waals surface area contributed by atoms with Crippen molar-refractivity contribution in [2.45, 2.75) is 38.6 Å². The van der Waals surface area contributed by atoms with Gasteiger partial charge < -0.3 is 10.2 Å². The van der Waals surface area contributed by atoms with Gasteiger partial charge in [-0.3, -0.25) is 4.79 Å². The van der Waals surface area contributed by atoms with Gasteiger partial charge in [0.2, 0.25) is 0 Å². The summed E-state index contributed by atoms with van der Waals surface area (Å²) in [4.78, 5) is 18.6. The molecule has 1 saturated carbocycles. The summed E-state index contributed by atoms with van der Waals surface area (Å²) in [5, 5.41) is 3.37. The van der Waals surface area contributed by atoms with Crippen LogP contribution in [0.1, 0.15) is 43.0 Å². The minimum absolute atomic E-state index is 0.0338. The maximum absolute atomic E-state index is 12.5. The predicted octanol–water partition coefficient (Wildman–Crippen LogP) is 3.18. The van der Waals surface area contributed by atoms with E-state index in [-0.39, 0.29) is 5.91 Å². The monoisotopic (exact) mass is 281 g/mol. The van der Waals surface area contributed by atoms with E-state index in [9.17, 15) is 4.79 Å². The van der Waals surface area contributed by atoms with Gasteiger partial charge in [0, 0.05) is 25.8 Å². The van der Waals surface area contributed by atoms with Crippen LogP contribution in [0, 0.1) is 0 Å². The fraction of sp³-hybridized carbons (Fsp3) is 0.571. The van der Waals surface area contributed by atoms with E-state index in [1.165, 1.54) is 12.8 Å². The minimum Gasteiger partial charge on any atom is -0.372 e. The topological polar surface area (TPSA) is 45.2 Å². The molecule has 2 rings (SSSR count). The quantitative estimate of drug-likeness (QED) is 0.922. The van der Waals surface area contributed by atoms with E-state index in [0.717, 1.165) is 19.4 Å². The third-order valence-electron chi connectivity index (χ3n) is 3.69. The molecule has 1 aliphatic carbocycles. The highest BCUT2D eigenvalue weighted by Gasteiger charge is 2.26. The van der Waals surface area contributed by atoms with Crippen LogP contribution in [-0.4, -0.2) is 35.4 Å². The molecule has 1 fully saturated rings. The van der Waals surface area contributed by atoms with Gasteiger partial charge >= 0.3 is 0 Å². The lowest BCUT2D eigenvalue weighted by Crippen LogP contribution is -2.38. The number of nitrogens with one attached hydrogen (secondary N) is 1. The average molecular weight is 282 g/mol. The molecule has 0 atom stereocenters. The van der Waals surface area contributed by atoms with Gasteiger partial charge in [-0.25, -0.2) is 4.98 Å². The molecule has 104 valence electrons. The van der Waals surface area contributed by atoms with Crippen molar-refractivity contribution in [3.8, 4) is 0 Å². The zero-order chi connectivity index (χ0) is 13.8. The summed E-state index contributed by atoms with van der Waals surface area (Å²) >= 11 is 6.09. The lowest BCUT2D eigenvalue weighted by atomic mass is 10.1. The molecule has 0 bridgehead atoms. The van der Waals surface area contributed by atoms with Gasteiger partial charge in [0.15, 0.2) is 0 Å². The number of carbonyl (C=O) groups excluding carboxylic acids is 1. The van der Waals surface area contributed by atoms with Gasteiger partial charge in [-0.15, -0.1) is 0 Å². The second-order valence-electron chi connectivity index (χ2n) is 4.83. The number of aromatic nitrogens is 1. The van der Waals surface area contributed by atoms with Gasteiger partial charge in [0.25, 0.3) is 5.91 Å². The van der Waals surface area contributed by atoms with Gasteiger partial charge in [-0.05, 0) is 25.8 Å². The molecule has 5 heteroatoms. The second-order valence-corrected chi connectivity index (χ2v) is 5.24. The van der Waals surface area contributed by atoms with Crippen LogP contribution in [-0.2, 0) is 0 Å². The molecule has 0 unspecified atom stereocenters. The van der Waals surface area contributed by atoms with Crippen LogP contribution in [0.2, 0.25) is 5.02 Å². The Morgan fingerprint density at radius 2 is 2.21 bits per heavy atom. The van der Waals surface area contributed by atoms with Gasteiger partial charge in [-0.2, -0.15) is 0 Å². The summed E-state index contributed by atoms with van der Waals surface area (Å²) in [6.07, 6.45) is 6.24. The average Bonchev–Trinajstić information content (AvgIpc) is 2.93. The van der Waals surface area contributed by atoms with Crippen molar-refractivity contribution in [3.63, 3.8) is 0 Å². The highest BCUT2D eigenvalue weighted by atomic mass is 35.5. The smallest absolute Gasteiger partial charge is 0.255 e. The van der Waals surface area contributed by atoms with Gasteiger partial charge in [0.05, 0.1) is 10.6 Å². The van der Waals surface area contributed by atoms with Crippen LogP contribution in [0.15, 0.2) is 12.3 Å². The Bertz CT molecular complexity index is 458. The fourth-order valence-electron chi connectivity index (χ4n) is 2.69. The lowest BCUT2D eigenvalue weighted by Gasteiger charge is -2.27. The van der Waals surface area contributed by atoms with Crippen LogP contribution in [0.25, 0.3) is 0 Å². The highest BCUT2D eigenvalue weighted by molar-refractivity contribution is 6.33. The van der Waals surface area contributed by atoms with Crippen LogP contribution >= 0.6 is 11.6 Å². The molecular formula is C14H20ClN3O. The summed E-state index contributed by atoms with van der Waals surface area (Å²) in [7, 11) is 1.76. The van der Waals surface area contributed by atoms with Crippen LogP contribution in [0.3, 0.4) is 0 Å². The van der Waals surface area contributed by atoms with Crippen molar-refractivity contribution in [2.24, 2.45) is 0 Å². The number of hydrogen-bond acceptors (Lipinski definition) is 3. The summed E-state index contributed by atoms with van der Waals surface area (Å²) in [6.45, 7) is 2.75. The Kier molecular flexibility index (Phi) is 4.64. The van der Waals surface area contributed by atoms with E-state index >= 15 is 0 Å². The van der Waals surface area contributed by atoms with Crippen molar-refractivity contribution in [2.75, 3.05) is 18.9 Å². The Balaban J connectivity index is 2.19. The third-order valence-corrected chi connectivity index (χ3v) is 3.98. The van der Waals surface area contributed by atoms with Crippen molar-refractivity contribution in [1.29, 1.82) is 0 Å². The third kappa shape index (κ3) is 3.00. The largest absolute Gasteiger partial charge is 0.372 e. The molecule has 1 aliphatic rings. The predicted molar refractivity (Wildman–Crippen MR) is 77.8 cm³/mol. The summed E-state index contributed by atoms with van der Waals surface area (Å²) in [6, 6.07) is 2.07. The van der Waals surface area contributed by atoms with E-state index in [0.29, 0.717) is 22.4 Å². The van der Waals surface area contributed by atoms with E-state index in [1.807, 2.05) is 11.8 Å². The number of nitrogens with zero attached hydrogens (tertiary/aromatic N) is 2. The first-order valence-corrected chi connectivity index (χ1v) is 7.19. The number of halogens is 1. The first-order chi connectivity index (χ1) is 9.17. The highest BCUT2D eigenvalue weighted by Crippen LogP contribution is 2.26. The summed E-state index contributed by atoms with van der Waals surface area (Å²) < 4.78 is 0. The fourth-order valence-corrected chi connectivity index (χ4v) is 2.95. The summed E-state index contributed by atoms with van der Waals surface area (Å²) in [5.74, 6) is 0.633. The molecule has 4 nitrogen and oxygen atoms in total. The Morgan fingerprint density at radius 1 is 1.53 bits per heavy atom. The Hall–Kier alpha value is -1.29. The first-order valence-electron chi connectivity index (χ1n) is 6.81. The van der Waals surface area contributed by atoms with Crippen LogP contribution in [0.4, 0.5) is 5.82 Å². The molecule has 1 aromatic heterocycles. The number of rotatable bonds is 4. The van der Waals surface area contributed by atoms with Gasteiger partial charge in [0.1, 0.15) is 5.82 Å². The van der Waals surface area contributed by atoms with E-state index < -0.39 is 0 Å². The molecule has 0 saturated heterocycles. The normalized spacial score (nSPS) is 15.5. The molecule has 1 heterocycles. The van der Waals surface area contributed by atoms with Crippen LogP contribution in [0.5, 0.6) is 0 Å². The molecule has 0 aliphatic heterocycles. The number of anilines is 1. The minimum atomic E-state index is 0.0338. The zero-order valence-electron chi connectivity index (χ0n) is 11.4. The Morgan fingerprint density at radius 3 is 2.74 bits per heavy atom. The molecular weight excluding hydrogens is 262 g/mol. The Labute approximate surface area is 119 Å². The molecule has 0 spiro atoms. The maximum Gasteiger partial charge on any atom is 0.255 e. The molecule has 1 N–H and O–H groups in total. The van der Waals surface area contributed by atoms with E-state index in [4.69, 9.17) is 11.6 Å². The molecule has 0 aromatic carbocycles. The molecule has 19 heavy (non-hydrogen) atoms. The van der Waals surface area contributed by atoms with Crippen LogP contribution < -0.4 is 5.32 Å². The molecule has 0 radical (unpaired) electrons. The lowest BCUT2D eigenvalue weighted by molar-refractivity contribution is 0.0693. The summed E-state index contributed by atoms with van der Waals surface area (Å²) in [5.41, 5.74) is 0.567. The maximum atomic E-state index is 12.5. The van der Waals surface area contributed by atoms with E-state index in [1.54, 1.807) is 19.3 Å². The number of amides is 1.